The van der Waals surface area contributed by atoms with Crippen LogP contribution in [0.25, 0.3) is 0 Å². The molecule has 78 valence electrons. The van der Waals surface area contributed by atoms with Gasteiger partial charge in [0.15, 0.2) is 5.83 Å². The molecule has 0 unspecified atom stereocenters. The number of nitrogens with two attached hydrogens (primary N) is 1. The molecule has 0 fully saturated rings. The Hall–Kier alpha value is -0.750. The SMILES string of the molecule is Cl.NC(=O)CNCCC(F)=C(F)F. The number of hydrogen-bond acceptors (Lipinski definition) is 2. The van der Waals surface area contributed by atoms with Gasteiger partial charge in [-0.05, 0) is 0 Å². The number of carbonyl (C=O) groups is 1. The van der Waals surface area contributed by atoms with Gasteiger partial charge in [-0.15, -0.1) is 12.4 Å². The van der Waals surface area contributed by atoms with Crippen molar-refractivity contribution in [1.82, 2.24) is 5.32 Å². The molecular formula is C6H10ClF3N2O. The molecule has 3 nitrogen and oxygen atoms in total. The number of carbonyl (C=O) groups excluding carboxylic acids is 1. The zero-order chi connectivity index (χ0) is 9.56. The van der Waals surface area contributed by atoms with Crippen molar-refractivity contribution in [2.45, 2.75) is 6.42 Å². The van der Waals surface area contributed by atoms with Gasteiger partial charge in [-0.2, -0.15) is 8.78 Å². The van der Waals surface area contributed by atoms with Crippen LogP contribution in [0.3, 0.4) is 0 Å². The topological polar surface area (TPSA) is 55.1 Å². The number of amides is 1. The minimum absolute atomic E-state index is 0. The molecule has 0 aromatic rings. The van der Waals surface area contributed by atoms with Gasteiger partial charge in [-0.3, -0.25) is 4.79 Å². The van der Waals surface area contributed by atoms with Gasteiger partial charge in [-0.1, -0.05) is 0 Å². The second kappa shape index (κ2) is 7.88. The van der Waals surface area contributed by atoms with Crippen LogP contribution in [0.15, 0.2) is 11.9 Å². The largest absolute Gasteiger partial charge is 0.369 e. The molecule has 0 aromatic carbocycles. The minimum Gasteiger partial charge on any atom is -0.369 e. The van der Waals surface area contributed by atoms with E-state index in [1.165, 1.54) is 0 Å². The zero-order valence-electron chi connectivity index (χ0n) is 6.65. The molecular weight excluding hydrogens is 209 g/mol. The molecule has 0 aliphatic rings. The number of rotatable bonds is 5. The van der Waals surface area contributed by atoms with Crippen LogP contribution >= 0.6 is 12.4 Å². The van der Waals surface area contributed by atoms with Crippen molar-refractivity contribution >= 4 is 18.3 Å². The molecule has 13 heavy (non-hydrogen) atoms. The molecule has 0 aromatic heterocycles. The molecule has 0 radical (unpaired) electrons. The summed E-state index contributed by atoms with van der Waals surface area (Å²) in [6.07, 6.45) is -2.76. The van der Waals surface area contributed by atoms with E-state index in [-0.39, 0.29) is 25.5 Å². The van der Waals surface area contributed by atoms with Crippen LogP contribution in [0.1, 0.15) is 6.42 Å². The third kappa shape index (κ3) is 9.16. The molecule has 0 saturated heterocycles. The highest BCUT2D eigenvalue weighted by Crippen LogP contribution is 2.11. The van der Waals surface area contributed by atoms with Gasteiger partial charge >= 0.3 is 6.08 Å². The van der Waals surface area contributed by atoms with E-state index in [2.05, 4.69) is 5.32 Å². The van der Waals surface area contributed by atoms with E-state index < -0.39 is 24.2 Å². The van der Waals surface area contributed by atoms with Gasteiger partial charge < -0.3 is 11.1 Å². The first-order valence-electron chi connectivity index (χ1n) is 3.22. The van der Waals surface area contributed by atoms with Crippen LogP contribution in [0.2, 0.25) is 0 Å². The Bertz CT molecular complexity index is 194. The highest BCUT2D eigenvalue weighted by Gasteiger charge is 2.03. The Morgan fingerprint density at radius 1 is 1.31 bits per heavy atom. The fourth-order valence-corrected chi connectivity index (χ4v) is 0.504. The molecule has 7 heteroatoms. The quantitative estimate of drug-likeness (QED) is 0.675. The molecule has 0 spiro atoms. The molecule has 0 rings (SSSR count). The molecule has 0 aliphatic heterocycles. The molecule has 0 bridgehead atoms. The van der Waals surface area contributed by atoms with E-state index in [1.807, 2.05) is 0 Å². The monoisotopic (exact) mass is 218 g/mol. The maximum atomic E-state index is 12.0. The minimum atomic E-state index is -2.32. The van der Waals surface area contributed by atoms with Gasteiger partial charge in [0.05, 0.1) is 6.54 Å². The van der Waals surface area contributed by atoms with Crippen molar-refractivity contribution in [3.05, 3.63) is 11.9 Å². The standard InChI is InChI=1S/C6H9F3N2O.ClH/c7-4(6(8)9)1-2-11-3-5(10)12;/h11H,1-3H2,(H2,10,12);1H. The number of primary amides is 1. The number of hydrogen-bond donors (Lipinski definition) is 2. The van der Waals surface area contributed by atoms with Crippen molar-refractivity contribution in [3.8, 4) is 0 Å². The highest BCUT2D eigenvalue weighted by molar-refractivity contribution is 5.85. The normalized spacial score (nSPS) is 8.85. The summed E-state index contributed by atoms with van der Waals surface area (Å²) in [5, 5.41) is 2.39. The van der Waals surface area contributed by atoms with Crippen LogP contribution in [0, 0.1) is 0 Å². The Labute approximate surface area is 79.6 Å². The fraction of sp³-hybridized carbons (Fsp3) is 0.500. The summed E-state index contributed by atoms with van der Waals surface area (Å²) in [6, 6.07) is 0. The first kappa shape index (κ1) is 14.8. The Morgan fingerprint density at radius 3 is 2.23 bits per heavy atom. The van der Waals surface area contributed by atoms with Crippen molar-refractivity contribution in [2.24, 2.45) is 5.73 Å². The molecule has 0 saturated carbocycles. The Balaban J connectivity index is 0. The van der Waals surface area contributed by atoms with Crippen LogP contribution in [0.4, 0.5) is 13.2 Å². The predicted molar refractivity (Wildman–Crippen MR) is 44.3 cm³/mol. The van der Waals surface area contributed by atoms with Crippen molar-refractivity contribution in [2.75, 3.05) is 13.1 Å². The van der Waals surface area contributed by atoms with Gasteiger partial charge in [-0.25, -0.2) is 4.39 Å². The van der Waals surface area contributed by atoms with E-state index in [0.29, 0.717) is 0 Å². The third-order valence-electron chi connectivity index (χ3n) is 1.03. The van der Waals surface area contributed by atoms with E-state index in [1.54, 1.807) is 0 Å². The summed E-state index contributed by atoms with van der Waals surface area (Å²) in [6.45, 7) is -0.173. The lowest BCUT2D eigenvalue weighted by molar-refractivity contribution is -0.117. The maximum absolute atomic E-state index is 12.0. The predicted octanol–water partition coefficient (Wildman–Crippen LogP) is 0.951. The van der Waals surface area contributed by atoms with Gasteiger partial charge in [0.25, 0.3) is 0 Å². The lowest BCUT2D eigenvalue weighted by Gasteiger charge is -1.98. The van der Waals surface area contributed by atoms with Crippen LogP contribution in [0.5, 0.6) is 0 Å². The first-order chi connectivity index (χ1) is 5.54. The second-order valence-electron chi connectivity index (χ2n) is 2.06. The lowest BCUT2D eigenvalue weighted by atomic mass is 10.4. The van der Waals surface area contributed by atoms with E-state index in [4.69, 9.17) is 5.73 Å². The van der Waals surface area contributed by atoms with Gasteiger partial charge in [0, 0.05) is 13.0 Å². The molecule has 3 N–H and O–H groups in total. The van der Waals surface area contributed by atoms with E-state index >= 15 is 0 Å². The van der Waals surface area contributed by atoms with Crippen molar-refractivity contribution in [3.63, 3.8) is 0 Å². The molecule has 0 atom stereocenters. The van der Waals surface area contributed by atoms with Crippen molar-refractivity contribution in [1.29, 1.82) is 0 Å². The van der Waals surface area contributed by atoms with E-state index in [9.17, 15) is 18.0 Å². The summed E-state index contributed by atoms with van der Waals surface area (Å²) in [5.41, 5.74) is 4.71. The molecule has 0 heterocycles. The average Bonchev–Trinajstić information content (AvgIpc) is 1.97. The Kier molecular flexibility index (Phi) is 8.94. The summed E-state index contributed by atoms with van der Waals surface area (Å²) >= 11 is 0. The lowest BCUT2D eigenvalue weighted by Crippen LogP contribution is -2.29. The smallest absolute Gasteiger partial charge is 0.301 e. The third-order valence-corrected chi connectivity index (χ3v) is 1.03. The van der Waals surface area contributed by atoms with E-state index in [0.717, 1.165) is 0 Å². The summed E-state index contributed by atoms with van der Waals surface area (Å²) in [4.78, 5) is 10.1. The van der Waals surface area contributed by atoms with Crippen molar-refractivity contribution < 1.29 is 18.0 Å². The second-order valence-corrected chi connectivity index (χ2v) is 2.06. The maximum Gasteiger partial charge on any atom is 0.301 e. The van der Waals surface area contributed by atoms with Crippen LogP contribution in [-0.4, -0.2) is 19.0 Å². The summed E-state index contributed by atoms with van der Waals surface area (Å²) < 4.78 is 34.8. The summed E-state index contributed by atoms with van der Waals surface area (Å²) in [7, 11) is 0. The molecule has 0 aliphatic carbocycles. The van der Waals surface area contributed by atoms with Crippen LogP contribution < -0.4 is 11.1 Å². The zero-order valence-corrected chi connectivity index (χ0v) is 7.47. The number of nitrogens with one attached hydrogen (secondary N) is 1. The Morgan fingerprint density at radius 2 is 1.85 bits per heavy atom. The molecule has 1 amide bonds. The first-order valence-corrected chi connectivity index (χ1v) is 3.22. The number of halogens is 4. The van der Waals surface area contributed by atoms with Gasteiger partial charge in [0.2, 0.25) is 5.91 Å². The highest BCUT2D eigenvalue weighted by atomic mass is 35.5. The van der Waals surface area contributed by atoms with Crippen LogP contribution in [-0.2, 0) is 4.79 Å². The fourth-order valence-electron chi connectivity index (χ4n) is 0.504. The van der Waals surface area contributed by atoms with Gasteiger partial charge in [0.1, 0.15) is 0 Å². The average molecular weight is 219 g/mol. The summed E-state index contributed by atoms with van der Waals surface area (Å²) in [5.74, 6) is -2.08.